The van der Waals surface area contributed by atoms with Crippen molar-refractivity contribution in [2.75, 3.05) is 19.6 Å². The molecule has 0 aliphatic carbocycles. The highest BCUT2D eigenvalue weighted by molar-refractivity contribution is 7.89. The minimum absolute atomic E-state index is 0.151. The molecule has 0 aromatic heterocycles. The quantitative estimate of drug-likeness (QED) is 0.873. The first kappa shape index (κ1) is 17.4. The van der Waals surface area contributed by atoms with Gasteiger partial charge in [-0.15, -0.1) is 0 Å². The molecule has 1 N–H and O–H groups in total. The van der Waals surface area contributed by atoms with Crippen LogP contribution in [0.25, 0.3) is 0 Å². The predicted molar refractivity (Wildman–Crippen MR) is 85.8 cm³/mol. The summed E-state index contributed by atoms with van der Waals surface area (Å²) in [6.07, 6.45) is 2.35. The van der Waals surface area contributed by atoms with Gasteiger partial charge in [0.25, 0.3) is 0 Å². The van der Waals surface area contributed by atoms with E-state index in [1.165, 1.54) is 31.0 Å². The minimum Gasteiger partial charge on any atom is -0.299 e. The van der Waals surface area contributed by atoms with Crippen molar-refractivity contribution in [1.82, 2.24) is 9.62 Å². The van der Waals surface area contributed by atoms with Crippen molar-refractivity contribution in [3.63, 3.8) is 0 Å². The van der Waals surface area contributed by atoms with Gasteiger partial charge in [-0.1, -0.05) is 13.8 Å². The summed E-state index contributed by atoms with van der Waals surface area (Å²) in [4.78, 5) is 2.50. The van der Waals surface area contributed by atoms with Gasteiger partial charge in [-0.3, -0.25) is 4.90 Å². The highest BCUT2D eigenvalue weighted by Gasteiger charge is 2.27. The van der Waals surface area contributed by atoms with Gasteiger partial charge in [0.05, 0.1) is 4.90 Å². The molecule has 1 atom stereocenters. The predicted octanol–water partition coefficient (Wildman–Crippen LogP) is 2.53. The highest BCUT2D eigenvalue weighted by atomic mass is 32.2. The van der Waals surface area contributed by atoms with E-state index >= 15 is 0 Å². The van der Waals surface area contributed by atoms with E-state index in [4.69, 9.17) is 0 Å². The van der Waals surface area contributed by atoms with Crippen molar-refractivity contribution in [3.05, 3.63) is 29.6 Å². The molecule has 1 fully saturated rings. The van der Waals surface area contributed by atoms with E-state index in [0.717, 1.165) is 13.1 Å². The average molecular weight is 328 g/mol. The fourth-order valence-electron chi connectivity index (χ4n) is 3.05. The fourth-order valence-corrected chi connectivity index (χ4v) is 4.32. The number of sulfonamides is 1. The molecule has 22 heavy (non-hydrogen) atoms. The van der Waals surface area contributed by atoms with E-state index in [-0.39, 0.29) is 10.9 Å². The number of aryl methyl sites for hydroxylation is 1. The summed E-state index contributed by atoms with van der Waals surface area (Å²) in [7, 11) is -3.61. The minimum atomic E-state index is -3.61. The summed E-state index contributed by atoms with van der Waals surface area (Å²) in [5.74, 6) is -0.0521. The van der Waals surface area contributed by atoms with Gasteiger partial charge in [-0.25, -0.2) is 17.5 Å². The maximum Gasteiger partial charge on any atom is 0.240 e. The Balaban J connectivity index is 2.10. The van der Waals surface area contributed by atoms with Crippen LogP contribution in [0.1, 0.15) is 32.3 Å². The van der Waals surface area contributed by atoms with Crippen LogP contribution in [0.4, 0.5) is 4.39 Å². The van der Waals surface area contributed by atoms with Crippen molar-refractivity contribution in [1.29, 1.82) is 0 Å². The van der Waals surface area contributed by atoms with Gasteiger partial charge in [-0.05, 0) is 62.5 Å². The Labute approximate surface area is 132 Å². The van der Waals surface area contributed by atoms with Crippen LogP contribution in [-0.2, 0) is 10.0 Å². The number of rotatable bonds is 6. The molecule has 0 amide bonds. The van der Waals surface area contributed by atoms with E-state index < -0.39 is 15.8 Å². The molecule has 0 radical (unpaired) electrons. The van der Waals surface area contributed by atoms with Gasteiger partial charge in [0, 0.05) is 12.6 Å². The van der Waals surface area contributed by atoms with Crippen LogP contribution in [0.2, 0.25) is 0 Å². The van der Waals surface area contributed by atoms with Gasteiger partial charge >= 0.3 is 0 Å². The Morgan fingerprint density at radius 2 is 1.91 bits per heavy atom. The highest BCUT2D eigenvalue weighted by Crippen LogP contribution is 2.19. The average Bonchev–Trinajstić information content (AvgIpc) is 2.91. The third-order valence-corrected chi connectivity index (χ3v) is 5.87. The second-order valence-electron chi connectivity index (χ2n) is 6.32. The van der Waals surface area contributed by atoms with E-state index in [1.807, 2.05) is 0 Å². The molecule has 0 bridgehead atoms. The summed E-state index contributed by atoms with van der Waals surface area (Å²) in [5.41, 5.74) is 0.426. The van der Waals surface area contributed by atoms with Gasteiger partial charge in [-0.2, -0.15) is 0 Å². The Bertz CT molecular complexity index is 611. The second kappa shape index (κ2) is 7.06. The van der Waals surface area contributed by atoms with Gasteiger partial charge < -0.3 is 0 Å². The van der Waals surface area contributed by atoms with Crippen molar-refractivity contribution in [2.45, 2.75) is 44.6 Å². The molecule has 0 spiro atoms. The summed E-state index contributed by atoms with van der Waals surface area (Å²) in [6, 6.07) is 3.95. The van der Waals surface area contributed by atoms with Crippen molar-refractivity contribution >= 4 is 10.0 Å². The third kappa shape index (κ3) is 4.06. The standard InChI is InChI=1S/C16H25FN2O2S/c1-12(2)15(19-8-4-5-9-19)11-18-22(20,21)16-7-6-14(17)10-13(16)3/h6-7,10,12,15,18H,4-5,8-9,11H2,1-3H3. The van der Waals surface area contributed by atoms with E-state index in [1.54, 1.807) is 6.92 Å². The van der Waals surface area contributed by atoms with Crippen LogP contribution in [0.3, 0.4) is 0 Å². The monoisotopic (exact) mass is 328 g/mol. The van der Waals surface area contributed by atoms with Crippen molar-refractivity contribution in [3.8, 4) is 0 Å². The van der Waals surface area contributed by atoms with E-state index in [0.29, 0.717) is 18.0 Å². The SMILES string of the molecule is Cc1cc(F)ccc1S(=O)(=O)NCC(C(C)C)N1CCCC1. The smallest absolute Gasteiger partial charge is 0.240 e. The van der Waals surface area contributed by atoms with Crippen LogP contribution in [0.5, 0.6) is 0 Å². The van der Waals surface area contributed by atoms with Crippen LogP contribution >= 0.6 is 0 Å². The van der Waals surface area contributed by atoms with Gasteiger partial charge in [0.15, 0.2) is 0 Å². The molecule has 1 aliphatic heterocycles. The first-order valence-corrected chi connectivity index (χ1v) is 9.29. The number of hydrogen-bond donors (Lipinski definition) is 1. The zero-order chi connectivity index (χ0) is 16.3. The number of halogens is 1. The molecule has 1 heterocycles. The maximum atomic E-state index is 13.1. The Kier molecular flexibility index (Phi) is 5.58. The molecule has 6 heteroatoms. The number of hydrogen-bond acceptors (Lipinski definition) is 3. The molecule has 4 nitrogen and oxygen atoms in total. The maximum absolute atomic E-state index is 13.1. The second-order valence-corrected chi connectivity index (χ2v) is 8.05. The Morgan fingerprint density at radius 1 is 1.27 bits per heavy atom. The number of nitrogens with zero attached hydrogens (tertiary/aromatic N) is 1. The molecular weight excluding hydrogens is 303 g/mol. The normalized spacial score (nSPS) is 18.0. The largest absolute Gasteiger partial charge is 0.299 e. The lowest BCUT2D eigenvalue weighted by atomic mass is 10.0. The molecule has 1 unspecified atom stereocenters. The van der Waals surface area contributed by atoms with Crippen molar-refractivity contribution < 1.29 is 12.8 Å². The summed E-state index contributed by atoms with van der Waals surface area (Å²) < 4.78 is 40.7. The third-order valence-electron chi connectivity index (χ3n) is 4.29. The summed E-state index contributed by atoms with van der Waals surface area (Å²) in [6.45, 7) is 8.27. The molecule has 124 valence electrons. The molecule has 1 aromatic carbocycles. The van der Waals surface area contributed by atoms with E-state index in [2.05, 4.69) is 23.5 Å². The lowest BCUT2D eigenvalue weighted by Gasteiger charge is -2.31. The summed E-state index contributed by atoms with van der Waals surface area (Å²) >= 11 is 0. The lowest BCUT2D eigenvalue weighted by Crippen LogP contribution is -2.45. The molecule has 0 saturated carbocycles. The number of benzene rings is 1. The van der Waals surface area contributed by atoms with Crippen LogP contribution < -0.4 is 4.72 Å². The zero-order valence-corrected chi connectivity index (χ0v) is 14.3. The molecule has 1 aliphatic rings. The Morgan fingerprint density at radius 3 is 2.45 bits per heavy atom. The van der Waals surface area contributed by atoms with Crippen LogP contribution in [0, 0.1) is 18.7 Å². The first-order chi connectivity index (χ1) is 10.3. The topological polar surface area (TPSA) is 49.4 Å². The van der Waals surface area contributed by atoms with Gasteiger partial charge in [0.1, 0.15) is 5.82 Å². The number of nitrogens with one attached hydrogen (secondary N) is 1. The summed E-state index contributed by atoms with van der Waals surface area (Å²) in [5, 5.41) is 0. The van der Waals surface area contributed by atoms with Crippen LogP contribution in [-0.4, -0.2) is 39.0 Å². The molecule has 1 saturated heterocycles. The Hall–Kier alpha value is -0.980. The zero-order valence-electron chi connectivity index (χ0n) is 13.5. The fraction of sp³-hybridized carbons (Fsp3) is 0.625. The molecule has 2 rings (SSSR count). The van der Waals surface area contributed by atoms with Gasteiger partial charge in [0.2, 0.25) is 10.0 Å². The molecule has 1 aromatic rings. The first-order valence-electron chi connectivity index (χ1n) is 7.81. The van der Waals surface area contributed by atoms with Crippen molar-refractivity contribution in [2.24, 2.45) is 5.92 Å². The van der Waals surface area contributed by atoms with Crippen LogP contribution in [0.15, 0.2) is 23.1 Å². The van der Waals surface area contributed by atoms with E-state index in [9.17, 15) is 12.8 Å². The number of likely N-dealkylation sites (tertiary alicyclic amines) is 1. The molecular formula is C16H25FN2O2S. The lowest BCUT2D eigenvalue weighted by molar-refractivity contribution is 0.193.